The van der Waals surface area contributed by atoms with Crippen LogP contribution in [0.25, 0.3) is 0 Å². The minimum Gasteiger partial charge on any atom is -0.508 e. The van der Waals surface area contributed by atoms with E-state index < -0.39 is 0 Å². The van der Waals surface area contributed by atoms with Crippen molar-refractivity contribution in [3.8, 4) is 5.75 Å². The zero-order valence-electron chi connectivity index (χ0n) is 15.0. The molecule has 25 heavy (non-hydrogen) atoms. The van der Waals surface area contributed by atoms with E-state index in [4.69, 9.17) is 0 Å². The molecule has 0 amide bonds. The molecule has 3 nitrogen and oxygen atoms in total. The van der Waals surface area contributed by atoms with Gasteiger partial charge in [-0.2, -0.15) is 0 Å². The van der Waals surface area contributed by atoms with Gasteiger partial charge in [0.05, 0.1) is 6.10 Å². The summed E-state index contributed by atoms with van der Waals surface area (Å²) < 4.78 is 0. The molecule has 0 radical (unpaired) electrons. The molecule has 0 aliphatic heterocycles. The molecule has 0 heterocycles. The maximum Gasteiger partial charge on any atom is 0.115 e. The number of phenolic OH excluding ortho intramolecular Hbond substituents is 1. The van der Waals surface area contributed by atoms with Crippen LogP contribution < -0.4 is 0 Å². The molecule has 3 rings (SSSR count). The Hall–Kier alpha value is -1.84. The van der Waals surface area contributed by atoms with Gasteiger partial charge in [-0.15, -0.1) is 0 Å². The summed E-state index contributed by atoms with van der Waals surface area (Å²) in [6, 6.07) is 18.2. The molecule has 1 atom stereocenters. The van der Waals surface area contributed by atoms with E-state index in [1.54, 1.807) is 12.1 Å². The third-order valence-corrected chi connectivity index (χ3v) is 5.62. The SMILES string of the molecule is CN(CCC(O)c1ccccc1)[C@H]1CC[C@H](c2ccc(O)cc2)CC1. The van der Waals surface area contributed by atoms with Crippen LogP contribution in [0.5, 0.6) is 5.75 Å². The Balaban J connectivity index is 1.45. The number of rotatable bonds is 6. The standard InChI is InChI=1S/C22H29NO2/c1-23(16-15-22(25)19-5-3-2-4-6-19)20-11-7-17(8-12-20)18-9-13-21(24)14-10-18/h2-6,9-10,13-14,17,20,22,24-25H,7-8,11-12,15-16H2,1H3/t17-,20-,22?. The first-order valence-corrected chi connectivity index (χ1v) is 9.35. The monoisotopic (exact) mass is 339 g/mol. The van der Waals surface area contributed by atoms with Crippen LogP contribution in [0.3, 0.4) is 0 Å². The number of hydrogen-bond donors (Lipinski definition) is 2. The summed E-state index contributed by atoms with van der Waals surface area (Å²) >= 11 is 0. The molecule has 1 aliphatic rings. The first-order valence-electron chi connectivity index (χ1n) is 9.35. The molecule has 1 saturated carbocycles. The van der Waals surface area contributed by atoms with Crippen molar-refractivity contribution < 1.29 is 10.2 Å². The molecule has 0 bridgehead atoms. The van der Waals surface area contributed by atoms with Gasteiger partial charge in [0.2, 0.25) is 0 Å². The molecule has 1 unspecified atom stereocenters. The number of hydrogen-bond acceptors (Lipinski definition) is 3. The molecule has 134 valence electrons. The summed E-state index contributed by atoms with van der Waals surface area (Å²) in [4.78, 5) is 2.42. The van der Waals surface area contributed by atoms with Crippen LogP contribution in [0.2, 0.25) is 0 Å². The lowest BCUT2D eigenvalue weighted by Gasteiger charge is -2.35. The van der Waals surface area contributed by atoms with Gasteiger partial charge in [-0.1, -0.05) is 42.5 Å². The van der Waals surface area contributed by atoms with Crippen molar-refractivity contribution in [1.29, 1.82) is 0 Å². The highest BCUT2D eigenvalue weighted by Crippen LogP contribution is 2.35. The van der Waals surface area contributed by atoms with E-state index in [9.17, 15) is 10.2 Å². The number of aliphatic hydroxyl groups excluding tert-OH is 1. The smallest absolute Gasteiger partial charge is 0.115 e. The Labute approximate surface area is 150 Å². The zero-order valence-corrected chi connectivity index (χ0v) is 15.0. The fraction of sp³-hybridized carbons (Fsp3) is 0.455. The van der Waals surface area contributed by atoms with Crippen LogP contribution in [0.1, 0.15) is 55.3 Å². The predicted octanol–water partition coefficient (Wildman–Crippen LogP) is 4.47. The number of nitrogens with zero attached hydrogens (tertiary/aromatic N) is 1. The van der Waals surface area contributed by atoms with Crippen molar-refractivity contribution >= 4 is 0 Å². The second kappa shape index (κ2) is 8.50. The average molecular weight is 339 g/mol. The van der Waals surface area contributed by atoms with Crippen LogP contribution in [0.4, 0.5) is 0 Å². The van der Waals surface area contributed by atoms with Gasteiger partial charge in [-0.3, -0.25) is 0 Å². The van der Waals surface area contributed by atoms with E-state index in [1.807, 2.05) is 30.3 Å². The maximum atomic E-state index is 10.3. The summed E-state index contributed by atoms with van der Waals surface area (Å²) in [7, 11) is 2.18. The summed E-state index contributed by atoms with van der Waals surface area (Å²) in [5.74, 6) is 0.953. The Morgan fingerprint density at radius 2 is 1.60 bits per heavy atom. The average Bonchev–Trinajstić information content (AvgIpc) is 2.67. The van der Waals surface area contributed by atoms with Gasteiger partial charge < -0.3 is 15.1 Å². The van der Waals surface area contributed by atoms with Crippen LogP contribution in [0.15, 0.2) is 54.6 Å². The number of benzene rings is 2. The molecule has 1 aliphatic carbocycles. The van der Waals surface area contributed by atoms with Gasteiger partial charge >= 0.3 is 0 Å². The molecular formula is C22H29NO2. The molecule has 3 heteroatoms. The van der Waals surface area contributed by atoms with Crippen molar-refractivity contribution in [2.24, 2.45) is 0 Å². The minimum atomic E-state index is -0.378. The van der Waals surface area contributed by atoms with E-state index in [0.29, 0.717) is 17.7 Å². The van der Waals surface area contributed by atoms with Gasteiger partial charge in [0.1, 0.15) is 5.75 Å². The van der Waals surface area contributed by atoms with Gasteiger partial charge in [0.15, 0.2) is 0 Å². The lowest BCUT2D eigenvalue weighted by atomic mass is 9.81. The Bertz CT molecular complexity index is 633. The lowest BCUT2D eigenvalue weighted by molar-refractivity contribution is 0.122. The van der Waals surface area contributed by atoms with Crippen molar-refractivity contribution in [1.82, 2.24) is 4.90 Å². The Morgan fingerprint density at radius 3 is 2.24 bits per heavy atom. The number of aliphatic hydroxyl groups is 1. The van der Waals surface area contributed by atoms with E-state index in [-0.39, 0.29) is 6.10 Å². The third-order valence-electron chi connectivity index (χ3n) is 5.62. The third kappa shape index (κ3) is 4.83. The van der Waals surface area contributed by atoms with Gasteiger partial charge in [0, 0.05) is 12.6 Å². The molecule has 0 spiro atoms. The van der Waals surface area contributed by atoms with Gasteiger partial charge in [0.25, 0.3) is 0 Å². The van der Waals surface area contributed by atoms with E-state index in [1.165, 1.54) is 31.2 Å². The Morgan fingerprint density at radius 1 is 0.960 bits per heavy atom. The quantitative estimate of drug-likeness (QED) is 0.816. The van der Waals surface area contributed by atoms with Crippen LogP contribution in [-0.4, -0.2) is 34.7 Å². The fourth-order valence-electron chi connectivity index (χ4n) is 3.95. The molecule has 2 N–H and O–H groups in total. The predicted molar refractivity (Wildman–Crippen MR) is 102 cm³/mol. The van der Waals surface area contributed by atoms with Crippen molar-refractivity contribution in [2.75, 3.05) is 13.6 Å². The summed E-state index contributed by atoms with van der Waals surface area (Å²) in [6.07, 6.45) is 5.19. The van der Waals surface area contributed by atoms with E-state index in [2.05, 4.69) is 24.1 Å². The highest BCUT2D eigenvalue weighted by molar-refractivity contribution is 5.28. The second-order valence-electron chi connectivity index (χ2n) is 7.29. The van der Waals surface area contributed by atoms with E-state index >= 15 is 0 Å². The fourth-order valence-corrected chi connectivity index (χ4v) is 3.95. The van der Waals surface area contributed by atoms with Crippen LogP contribution >= 0.6 is 0 Å². The van der Waals surface area contributed by atoms with E-state index in [0.717, 1.165) is 18.5 Å². The normalized spacial score (nSPS) is 22.0. The summed E-state index contributed by atoms with van der Waals surface area (Å²) in [5, 5.41) is 19.8. The van der Waals surface area contributed by atoms with Crippen molar-refractivity contribution in [3.05, 3.63) is 65.7 Å². The van der Waals surface area contributed by atoms with Gasteiger partial charge in [-0.25, -0.2) is 0 Å². The highest BCUT2D eigenvalue weighted by Gasteiger charge is 2.25. The minimum absolute atomic E-state index is 0.342. The first-order chi connectivity index (χ1) is 12.1. The van der Waals surface area contributed by atoms with Crippen LogP contribution in [0, 0.1) is 0 Å². The molecule has 0 saturated heterocycles. The summed E-state index contributed by atoms with van der Waals surface area (Å²) in [5.41, 5.74) is 2.35. The Kier molecular flexibility index (Phi) is 6.11. The van der Waals surface area contributed by atoms with Crippen LogP contribution in [-0.2, 0) is 0 Å². The molecule has 1 fully saturated rings. The zero-order chi connectivity index (χ0) is 17.6. The van der Waals surface area contributed by atoms with Gasteiger partial charge in [-0.05, 0) is 68.3 Å². The highest BCUT2D eigenvalue weighted by atomic mass is 16.3. The molecule has 2 aromatic rings. The number of aromatic hydroxyl groups is 1. The molecular weight excluding hydrogens is 310 g/mol. The first kappa shape index (κ1) is 18.0. The van der Waals surface area contributed by atoms with Crippen molar-refractivity contribution in [2.45, 2.75) is 50.2 Å². The maximum absolute atomic E-state index is 10.3. The lowest BCUT2D eigenvalue weighted by Crippen LogP contribution is -2.36. The summed E-state index contributed by atoms with van der Waals surface area (Å²) in [6.45, 7) is 0.921. The molecule has 2 aromatic carbocycles. The number of phenols is 1. The topological polar surface area (TPSA) is 43.7 Å². The van der Waals surface area contributed by atoms with Crippen molar-refractivity contribution in [3.63, 3.8) is 0 Å². The second-order valence-corrected chi connectivity index (χ2v) is 7.29. The molecule has 0 aromatic heterocycles. The largest absolute Gasteiger partial charge is 0.508 e.